The van der Waals surface area contributed by atoms with Crippen molar-refractivity contribution in [1.82, 2.24) is 20.2 Å². The van der Waals surface area contributed by atoms with Gasteiger partial charge in [-0.25, -0.2) is 9.97 Å². The highest BCUT2D eigenvalue weighted by Gasteiger charge is 2.16. The molecule has 0 saturated heterocycles. The SMILES string of the molecule is CCCSc1ncc(Cl)c(-c2nnc(-c3ccc(C)cc3)o2)n1. The molecule has 0 atom stereocenters. The molecule has 1 aromatic carbocycles. The molecule has 0 spiro atoms. The van der Waals surface area contributed by atoms with Gasteiger partial charge < -0.3 is 4.42 Å². The Morgan fingerprint density at radius 1 is 1.13 bits per heavy atom. The maximum absolute atomic E-state index is 6.18. The topological polar surface area (TPSA) is 64.7 Å². The van der Waals surface area contributed by atoms with E-state index < -0.39 is 0 Å². The first-order chi connectivity index (χ1) is 11.2. The van der Waals surface area contributed by atoms with Gasteiger partial charge in [0.15, 0.2) is 10.9 Å². The zero-order valence-electron chi connectivity index (χ0n) is 12.8. The van der Waals surface area contributed by atoms with Crippen molar-refractivity contribution in [2.24, 2.45) is 0 Å². The van der Waals surface area contributed by atoms with Crippen LogP contribution in [0.2, 0.25) is 5.02 Å². The predicted molar refractivity (Wildman–Crippen MR) is 91.5 cm³/mol. The van der Waals surface area contributed by atoms with E-state index in [-0.39, 0.29) is 0 Å². The Balaban J connectivity index is 1.92. The van der Waals surface area contributed by atoms with Crippen LogP contribution in [-0.2, 0) is 0 Å². The molecule has 0 aliphatic rings. The number of hydrogen-bond donors (Lipinski definition) is 0. The maximum atomic E-state index is 6.18. The van der Waals surface area contributed by atoms with E-state index in [0.29, 0.717) is 27.7 Å². The molecule has 0 bridgehead atoms. The molecule has 0 saturated carbocycles. The van der Waals surface area contributed by atoms with Crippen LogP contribution in [0.4, 0.5) is 0 Å². The van der Waals surface area contributed by atoms with Gasteiger partial charge in [0.25, 0.3) is 5.89 Å². The highest BCUT2D eigenvalue weighted by atomic mass is 35.5. The average molecular weight is 347 g/mol. The summed E-state index contributed by atoms with van der Waals surface area (Å²) in [5, 5.41) is 9.20. The van der Waals surface area contributed by atoms with Crippen LogP contribution in [0.15, 0.2) is 40.0 Å². The van der Waals surface area contributed by atoms with Crippen molar-refractivity contribution in [1.29, 1.82) is 0 Å². The van der Waals surface area contributed by atoms with Crippen LogP contribution in [0.25, 0.3) is 23.0 Å². The zero-order chi connectivity index (χ0) is 16.2. The van der Waals surface area contributed by atoms with Crippen molar-refractivity contribution in [3.05, 3.63) is 41.0 Å². The first-order valence-electron chi connectivity index (χ1n) is 7.23. The van der Waals surface area contributed by atoms with Gasteiger partial charge in [-0.2, -0.15) is 0 Å². The van der Waals surface area contributed by atoms with Gasteiger partial charge >= 0.3 is 0 Å². The molecule has 0 unspecified atom stereocenters. The Hall–Kier alpha value is -1.92. The van der Waals surface area contributed by atoms with E-state index in [9.17, 15) is 0 Å². The summed E-state index contributed by atoms with van der Waals surface area (Å²) in [6.45, 7) is 4.13. The van der Waals surface area contributed by atoms with E-state index in [1.165, 1.54) is 5.56 Å². The number of nitrogens with zero attached hydrogens (tertiary/aromatic N) is 4. The second kappa shape index (κ2) is 7.10. The molecule has 3 aromatic rings. The third-order valence-corrected chi connectivity index (χ3v) is 4.43. The normalized spacial score (nSPS) is 10.9. The summed E-state index contributed by atoms with van der Waals surface area (Å²) >= 11 is 7.75. The summed E-state index contributed by atoms with van der Waals surface area (Å²) in [4.78, 5) is 8.63. The molecule has 0 fully saturated rings. The maximum Gasteiger partial charge on any atom is 0.268 e. The van der Waals surface area contributed by atoms with Gasteiger partial charge in [-0.3, -0.25) is 0 Å². The van der Waals surface area contributed by atoms with E-state index >= 15 is 0 Å². The van der Waals surface area contributed by atoms with Gasteiger partial charge in [0.2, 0.25) is 5.89 Å². The van der Waals surface area contributed by atoms with Gasteiger partial charge in [0, 0.05) is 11.3 Å². The third-order valence-electron chi connectivity index (χ3n) is 3.08. The molecule has 0 aliphatic carbocycles. The summed E-state index contributed by atoms with van der Waals surface area (Å²) in [5.41, 5.74) is 2.50. The number of rotatable bonds is 5. The van der Waals surface area contributed by atoms with Crippen LogP contribution >= 0.6 is 23.4 Å². The molecule has 0 aliphatic heterocycles. The number of thioether (sulfide) groups is 1. The first-order valence-corrected chi connectivity index (χ1v) is 8.60. The summed E-state index contributed by atoms with van der Waals surface area (Å²) < 4.78 is 5.73. The van der Waals surface area contributed by atoms with Gasteiger partial charge in [0.05, 0.1) is 11.2 Å². The number of benzene rings is 1. The lowest BCUT2D eigenvalue weighted by molar-refractivity contribution is 0.581. The van der Waals surface area contributed by atoms with E-state index in [1.807, 2.05) is 31.2 Å². The van der Waals surface area contributed by atoms with Crippen molar-refractivity contribution in [3.63, 3.8) is 0 Å². The van der Waals surface area contributed by atoms with Crippen molar-refractivity contribution in [3.8, 4) is 23.0 Å². The Labute approximate surface area is 143 Å². The van der Waals surface area contributed by atoms with Crippen LogP contribution in [0.5, 0.6) is 0 Å². The Bertz CT molecular complexity index is 804. The fourth-order valence-electron chi connectivity index (χ4n) is 1.90. The van der Waals surface area contributed by atoms with Gasteiger partial charge in [-0.05, 0) is 25.5 Å². The molecule has 3 rings (SSSR count). The molecule has 2 aromatic heterocycles. The standard InChI is InChI=1S/C16H15ClN4OS/c1-3-8-23-16-18-9-12(17)13(19-16)15-21-20-14(22-15)11-6-4-10(2)5-7-11/h4-7,9H,3,8H2,1-2H3. The smallest absolute Gasteiger partial charge is 0.268 e. The van der Waals surface area contributed by atoms with Crippen LogP contribution < -0.4 is 0 Å². The number of halogens is 1. The Morgan fingerprint density at radius 3 is 2.61 bits per heavy atom. The largest absolute Gasteiger partial charge is 0.415 e. The Kier molecular flexibility index (Phi) is 4.93. The summed E-state index contributed by atoms with van der Waals surface area (Å²) in [5.74, 6) is 1.68. The van der Waals surface area contributed by atoms with Gasteiger partial charge in [0.1, 0.15) is 0 Å². The molecule has 0 radical (unpaired) electrons. The number of aryl methyl sites for hydroxylation is 1. The quantitative estimate of drug-likeness (QED) is 0.494. The first kappa shape index (κ1) is 16.0. The van der Waals surface area contributed by atoms with Crippen molar-refractivity contribution in [2.75, 3.05) is 5.75 Å². The summed E-state index contributed by atoms with van der Waals surface area (Å²) in [6, 6.07) is 7.88. The third kappa shape index (κ3) is 3.71. The van der Waals surface area contributed by atoms with Crippen LogP contribution in [0.1, 0.15) is 18.9 Å². The van der Waals surface area contributed by atoms with Crippen LogP contribution in [0.3, 0.4) is 0 Å². The van der Waals surface area contributed by atoms with Gasteiger partial charge in [-0.1, -0.05) is 48.0 Å². The van der Waals surface area contributed by atoms with E-state index in [2.05, 4.69) is 27.1 Å². The molecule has 23 heavy (non-hydrogen) atoms. The lowest BCUT2D eigenvalue weighted by Crippen LogP contribution is -1.92. The summed E-state index contributed by atoms with van der Waals surface area (Å²) in [7, 11) is 0. The minimum atomic E-state index is 0.298. The lowest BCUT2D eigenvalue weighted by Gasteiger charge is -2.01. The lowest BCUT2D eigenvalue weighted by atomic mass is 10.1. The predicted octanol–water partition coefficient (Wildman–Crippen LogP) is 4.66. The molecular formula is C16H15ClN4OS. The highest BCUT2D eigenvalue weighted by molar-refractivity contribution is 7.99. The molecular weight excluding hydrogens is 332 g/mol. The molecule has 2 heterocycles. The van der Waals surface area contributed by atoms with Crippen molar-refractivity contribution >= 4 is 23.4 Å². The Morgan fingerprint density at radius 2 is 1.87 bits per heavy atom. The minimum Gasteiger partial charge on any atom is -0.415 e. The van der Waals surface area contributed by atoms with E-state index in [4.69, 9.17) is 16.0 Å². The minimum absolute atomic E-state index is 0.298. The fraction of sp³-hybridized carbons (Fsp3) is 0.250. The van der Waals surface area contributed by atoms with E-state index in [1.54, 1.807) is 18.0 Å². The van der Waals surface area contributed by atoms with E-state index in [0.717, 1.165) is 17.7 Å². The van der Waals surface area contributed by atoms with Crippen LogP contribution in [-0.4, -0.2) is 25.9 Å². The summed E-state index contributed by atoms with van der Waals surface area (Å²) in [6.07, 6.45) is 2.61. The molecule has 0 amide bonds. The fourth-order valence-corrected chi connectivity index (χ4v) is 2.74. The monoisotopic (exact) mass is 346 g/mol. The molecule has 5 nitrogen and oxygen atoms in total. The zero-order valence-corrected chi connectivity index (χ0v) is 14.4. The molecule has 0 N–H and O–H groups in total. The van der Waals surface area contributed by atoms with Crippen molar-refractivity contribution < 1.29 is 4.42 Å². The number of aromatic nitrogens is 4. The highest BCUT2D eigenvalue weighted by Crippen LogP contribution is 2.29. The average Bonchev–Trinajstić information content (AvgIpc) is 3.04. The van der Waals surface area contributed by atoms with Crippen molar-refractivity contribution in [2.45, 2.75) is 25.4 Å². The second-order valence-corrected chi connectivity index (χ2v) is 6.45. The second-order valence-electron chi connectivity index (χ2n) is 4.98. The number of hydrogen-bond acceptors (Lipinski definition) is 6. The van der Waals surface area contributed by atoms with Gasteiger partial charge in [-0.15, -0.1) is 10.2 Å². The molecule has 7 heteroatoms. The molecule has 118 valence electrons. The van der Waals surface area contributed by atoms with Crippen LogP contribution in [0, 0.1) is 6.92 Å².